The van der Waals surface area contributed by atoms with E-state index in [1.54, 1.807) is 18.3 Å². The Morgan fingerprint density at radius 1 is 1.05 bits per heavy atom. The lowest BCUT2D eigenvalue weighted by atomic mass is 10.1. The normalized spacial score (nSPS) is 10.3. The van der Waals surface area contributed by atoms with Gasteiger partial charge in [-0.15, -0.1) is 0 Å². The summed E-state index contributed by atoms with van der Waals surface area (Å²) in [5.41, 5.74) is 1.15. The van der Waals surface area contributed by atoms with E-state index in [4.69, 9.17) is 4.74 Å². The summed E-state index contributed by atoms with van der Waals surface area (Å²) in [5, 5.41) is 5.08. The van der Waals surface area contributed by atoms with Gasteiger partial charge in [0.15, 0.2) is 0 Å². The van der Waals surface area contributed by atoms with E-state index in [1.165, 1.54) is 7.11 Å². The molecule has 0 bridgehead atoms. The maximum atomic E-state index is 12.3. The van der Waals surface area contributed by atoms with Crippen LogP contribution in [-0.2, 0) is 0 Å². The molecule has 0 unspecified atom stereocenters. The van der Waals surface area contributed by atoms with Gasteiger partial charge in [0.2, 0.25) is 5.88 Å². The SMILES string of the molecule is COc1ncccc1C(=O)Nc1ccc2ccccc2c1. The molecule has 0 saturated carbocycles. The average Bonchev–Trinajstić information content (AvgIpc) is 2.54. The lowest BCUT2D eigenvalue weighted by Gasteiger charge is -2.09. The third-order valence-electron chi connectivity index (χ3n) is 3.22. The van der Waals surface area contributed by atoms with E-state index in [0.29, 0.717) is 11.4 Å². The van der Waals surface area contributed by atoms with Crippen LogP contribution in [0.25, 0.3) is 10.8 Å². The van der Waals surface area contributed by atoms with Crippen molar-refractivity contribution in [2.24, 2.45) is 0 Å². The van der Waals surface area contributed by atoms with Gasteiger partial charge in [-0.3, -0.25) is 4.79 Å². The summed E-state index contributed by atoms with van der Waals surface area (Å²) in [4.78, 5) is 16.3. The van der Waals surface area contributed by atoms with Crippen LogP contribution in [0.4, 0.5) is 5.69 Å². The number of amides is 1. The molecule has 0 aliphatic rings. The van der Waals surface area contributed by atoms with Crippen LogP contribution in [-0.4, -0.2) is 18.0 Å². The molecule has 1 aromatic heterocycles. The van der Waals surface area contributed by atoms with Gasteiger partial charge in [-0.05, 0) is 35.0 Å². The smallest absolute Gasteiger partial charge is 0.261 e. The Bertz CT molecular complexity index is 799. The second kappa shape index (κ2) is 5.63. The third kappa shape index (κ3) is 2.69. The molecule has 3 aromatic rings. The van der Waals surface area contributed by atoms with Crippen LogP contribution in [0, 0.1) is 0 Å². The Morgan fingerprint density at radius 3 is 2.67 bits per heavy atom. The summed E-state index contributed by atoms with van der Waals surface area (Å²) < 4.78 is 5.10. The molecule has 0 atom stereocenters. The third-order valence-corrected chi connectivity index (χ3v) is 3.22. The zero-order valence-electron chi connectivity index (χ0n) is 11.5. The topological polar surface area (TPSA) is 51.2 Å². The molecule has 0 fully saturated rings. The molecule has 21 heavy (non-hydrogen) atoms. The molecule has 1 heterocycles. The fourth-order valence-electron chi connectivity index (χ4n) is 2.19. The fourth-order valence-corrected chi connectivity index (χ4v) is 2.19. The number of benzene rings is 2. The predicted octanol–water partition coefficient (Wildman–Crippen LogP) is 3.50. The highest BCUT2D eigenvalue weighted by Crippen LogP contribution is 2.21. The number of rotatable bonds is 3. The van der Waals surface area contributed by atoms with Gasteiger partial charge >= 0.3 is 0 Å². The zero-order valence-corrected chi connectivity index (χ0v) is 11.5. The summed E-state index contributed by atoms with van der Waals surface area (Å²) in [7, 11) is 1.50. The first-order valence-electron chi connectivity index (χ1n) is 6.57. The number of carbonyl (C=O) groups excluding carboxylic acids is 1. The van der Waals surface area contributed by atoms with Crippen LogP contribution in [0.3, 0.4) is 0 Å². The predicted molar refractivity (Wildman–Crippen MR) is 82.7 cm³/mol. The number of anilines is 1. The van der Waals surface area contributed by atoms with Crippen LogP contribution in [0.1, 0.15) is 10.4 Å². The minimum atomic E-state index is -0.241. The van der Waals surface area contributed by atoms with Gasteiger partial charge in [0, 0.05) is 11.9 Å². The van der Waals surface area contributed by atoms with Crippen molar-refractivity contribution in [2.45, 2.75) is 0 Å². The van der Waals surface area contributed by atoms with Crippen molar-refractivity contribution in [1.82, 2.24) is 4.98 Å². The standard InChI is InChI=1S/C17H14N2O2/c1-21-17-15(7-4-10-18-17)16(20)19-14-9-8-12-5-2-3-6-13(12)11-14/h2-11H,1H3,(H,19,20). The lowest BCUT2D eigenvalue weighted by molar-refractivity contribution is 0.102. The summed E-state index contributed by atoms with van der Waals surface area (Å²) in [6.07, 6.45) is 1.59. The fraction of sp³-hybridized carbons (Fsp3) is 0.0588. The molecule has 104 valence electrons. The molecular formula is C17H14N2O2. The van der Waals surface area contributed by atoms with E-state index in [2.05, 4.69) is 10.3 Å². The van der Waals surface area contributed by atoms with Crippen LogP contribution >= 0.6 is 0 Å². The first-order valence-corrected chi connectivity index (χ1v) is 6.57. The number of methoxy groups -OCH3 is 1. The van der Waals surface area contributed by atoms with E-state index in [1.807, 2.05) is 42.5 Å². The van der Waals surface area contributed by atoms with Gasteiger partial charge in [-0.25, -0.2) is 4.98 Å². The number of pyridine rings is 1. The van der Waals surface area contributed by atoms with Crippen LogP contribution in [0.15, 0.2) is 60.8 Å². The summed E-state index contributed by atoms with van der Waals surface area (Å²) in [6.45, 7) is 0. The highest BCUT2D eigenvalue weighted by Gasteiger charge is 2.12. The van der Waals surface area contributed by atoms with Gasteiger partial charge in [0.25, 0.3) is 5.91 Å². The molecule has 0 saturated heterocycles. The number of hydrogen-bond donors (Lipinski definition) is 1. The van der Waals surface area contributed by atoms with Gasteiger partial charge in [0.1, 0.15) is 5.56 Å². The molecule has 0 radical (unpaired) electrons. The highest BCUT2D eigenvalue weighted by atomic mass is 16.5. The largest absolute Gasteiger partial charge is 0.480 e. The Morgan fingerprint density at radius 2 is 1.86 bits per heavy atom. The number of fused-ring (bicyclic) bond motifs is 1. The van der Waals surface area contributed by atoms with Gasteiger partial charge < -0.3 is 10.1 Å². The molecule has 2 aromatic carbocycles. The average molecular weight is 278 g/mol. The lowest BCUT2D eigenvalue weighted by Crippen LogP contribution is -2.13. The number of nitrogens with zero attached hydrogens (tertiary/aromatic N) is 1. The number of hydrogen-bond acceptors (Lipinski definition) is 3. The van der Waals surface area contributed by atoms with Crippen molar-refractivity contribution in [3.63, 3.8) is 0 Å². The van der Waals surface area contributed by atoms with E-state index >= 15 is 0 Å². The molecule has 4 nitrogen and oxygen atoms in total. The molecule has 1 N–H and O–H groups in total. The Kier molecular flexibility index (Phi) is 3.51. The zero-order chi connectivity index (χ0) is 14.7. The number of aromatic nitrogens is 1. The monoisotopic (exact) mass is 278 g/mol. The molecule has 4 heteroatoms. The summed E-state index contributed by atoms with van der Waals surface area (Å²) in [6, 6.07) is 17.2. The van der Waals surface area contributed by atoms with E-state index < -0.39 is 0 Å². The van der Waals surface area contributed by atoms with E-state index in [9.17, 15) is 4.79 Å². The highest BCUT2D eigenvalue weighted by molar-refractivity contribution is 6.06. The molecule has 1 amide bonds. The molecule has 0 aliphatic carbocycles. The van der Waals surface area contributed by atoms with Crippen LogP contribution in [0.2, 0.25) is 0 Å². The van der Waals surface area contributed by atoms with Crippen molar-refractivity contribution in [3.05, 3.63) is 66.4 Å². The first kappa shape index (κ1) is 13.1. The van der Waals surface area contributed by atoms with Crippen LogP contribution in [0.5, 0.6) is 5.88 Å². The van der Waals surface area contributed by atoms with Gasteiger partial charge in [0.05, 0.1) is 7.11 Å². The Balaban J connectivity index is 1.89. The van der Waals surface area contributed by atoms with Crippen molar-refractivity contribution in [1.29, 1.82) is 0 Å². The minimum Gasteiger partial charge on any atom is -0.480 e. The van der Waals surface area contributed by atoms with Crippen molar-refractivity contribution < 1.29 is 9.53 Å². The van der Waals surface area contributed by atoms with Gasteiger partial charge in [-0.2, -0.15) is 0 Å². The van der Waals surface area contributed by atoms with Gasteiger partial charge in [-0.1, -0.05) is 30.3 Å². The Labute approximate surface area is 122 Å². The number of nitrogens with one attached hydrogen (secondary N) is 1. The van der Waals surface area contributed by atoms with E-state index in [0.717, 1.165) is 16.5 Å². The van der Waals surface area contributed by atoms with Crippen molar-refractivity contribution in [3.8, 4) is 5.88 Å². The molecule has 0 spiro atoms. The number of carbonyl (C=O) groups is 1. The first-order chi connectivity index (χ1) is 10.3. The summed E-state index contributed by atoms with van der Waals surface area (Å²) in [5.74, 6) is 0.0750. The molecular weight excluding hydrogens is 264 g/mol. The van der Waals surface area contributed by atoms with Crippen molar-refractivity contribution >= 4 is 22.4 Å². The van der Waals surface area contributed by atoms with Crippen LogP contribution < -0.4 is 10.1 Å². The maximum absolute atomic E-state index is 12.3. The quantitative estimate of drug-likeness (QED) is 0.797. The summed E-state index contributed by atoms with van der Waals surface area (Å²) >= 11 is 0. The Hall–Kier alpha value is -2.88. The maximum Gasteiger partial charge on any atom is 0.261 e. The second-order valence-corrected chi connectivity index (χ2v) is 4.58. The molecule has 0 aliphatic heterocycles. The van der Waals surface area contributed by atoms with Crippen molar-refractivity contribution in [2.75, 3.05) is 12.4 Å². The molecule has 3 rings (SSSR count). The minimum absolute atomic E-state index is 0.241. The van der Waals surface area contributed by atoms with E-state index in [-0.39, 0.29) is 5.91 Å². The second-order valence-electron chi connectivity index (χ2n) is 4.58. The number of ether oxygens (including phenoxy) is 1.